The Bertz CT molecular complexity index is 695. The Balaban J connectivity index is 1.68. The summed E-state index contributed by atoms with van der Waals surface area (Å²) >= 11 is 0. The number of carboxylic acids is 1. The fourth-order valence-corrected chi connectivity index (χ4v) is 2.86. The molecule has 112 valence electrons. The van der Waals surface area contributed by atoms with E-state index >= 15 is 0 Å². The molecule has 4 heteroatoms. The highest BCUT2D eigenvalue weighted by Gasteiger charge is 2.21. The van der Waals surface area contributed by atoms with Crippen molar-refractivity contribution < 1.29 is 9.90 Å². The molecule has 2 aromatic rings. The van der Waals surface area contributed by atoms with E-state index in [0.717, 1.165) is 24.9 Å². The normalized spacial score (nSPS) is 16.8. The summed E-state index contributed by atoms with van der Waals surface area (Å²) < 4.78 is 0. The van der Waals surface area contributed by atoms with Gasteiger partial charge in [-0.1, -0.05) is 24.3 Å². The number of aromatic nitrogens is 1. The molecule has 1 aromatic heterocycles. The highest BCUT2D eigenvalue weighted by Crippen LogP contribution is 2.32. The second kappa shape index (κ2) is 6.54. The summed E-state index contributed by atoms with van der Waals surface area (Å²) in [6, 6.07) is 10.5. The van der Waals surface area contributed by atoms with E-state index in [9.17, 15) is 4.79 Å². The van der Waals surface area contributed by atoms with Gasteiger partial charge < -0.3 is 10.4 Å². The first kappa shape index (κ1) is 14.5. The van der Waals surface area contributed by atoms with Crippen LogP contribution in [-0.2, 0) is 17.8 Å². The molecule has 1 aliphatic rings. The topological polar surface area (TPSA) is 62.2 Å². The molecule has 2 N–H and O–H groups in total. The van der Waals surface area contributed by atoms with Gasteiger partial charge in [-0.2, -0.15) is 0 Å². The maximum absolute atomic E-state index is 10.6. The Labute approximate surface area is 129 Å². The molecule has 22 heavy (non-hydrogen) atoms. The minimum absolute atomic E-state index is 0.354. The number of nitrogens with zero attached hydrogens (tertiary/aromatic N) is 1. The Morgan fingerprint density at radius 2 is 2.32 bits per heavy atom. The van der Waals surface area contributed by atoms with Gasteiger partial charge in [0.2, 0.25) is 0 Å². The van der Waals surface area contributed by atoms with Gasteiger partial charge in [0.1, 0.15) is 0 Å². The predicted octanol–water partition coefficient (Wildman–Crippen LogP) is 2.96. The third kappa shape index (κ3) is 3.40. The second-order valence-corrected chi connectivity index (χ2v) is 5.46. The summed E-state index contributed by atoms with van der Waals surface area (Å²) in [5.41, 5.74) is 4.73. The van der Waals surface area contributed by atoms with Crippen molar-refractivity contribution in [2.45, 2.75) is 25.4 Å². The molecule has 0 bridgehead atoms. The maximum Gasteiger partial charge on any atom is 0.328 e. The number of aryl methyl sites for hydroxylation is 1. The van der Waals surface area contributed by atoms with Crippen molar-refractivity contribution in [2.24, 2.45) is 0 Å². The quantitative estimate of drug-likeness (QED) is 0.832. The third-order valence-electron chi connectivity index (χ3n) is 3.94. The number of nitrogens with one attached hydrogen (secondary N) is 1. The van der Waals surface area contributed by atoms with Crippen LogP contribution < -0.4 is 5.32 Å². The van der Waals surface area contributed by atoms with Gasteiger partial charge in [0.05, 0.1) is 0 Å². The fourth-order valence-electron chi connectivity index (χ4n) is 2.86. The highest BCUT2D eigenvalue weighted by atomic mass is 16.4. The van der Waals surface area contributed by atoms with E-state index in [1.807, 2.05) is 18.3 Å². The van der Waals surface area contributed by atoms with Gasteiger partial charge in [0.25, 0.3) is 0 Å². The van der Waals surface area contributed by atoms with Gasteiger partial charge >= 0.3 is 5.97 Å². The molecule has 4 nitrogen and oxygen atoms in total. The first-order valence-electron chi connectivity index (χ1n) is 7.38. The van der Waals surface area contributed by atoms with Crippen LogP contribution in [-0.4, -0.2) is 16.1 Å². The number of carbonyl (C=O) groups is 1. The lowest BCUT2D eigenvalue weighted by Gasteiger charge is -2.14. The number of hydrogen-bond acceptors (Lipinski definition) is 3. The van der Waals surface area contributed by atoms with Gasteiger partial charge in [0, 0.05) is 31.1 Å². The van der Waals surface area contributed by atoms with Crippen molar-refractivity contribution in [2.75, 3.05) is 0 Å². The Kier molecular flexibility index (Phi) is 4.30. The standard InChI is InChI=1S/C18H18N2O2/c21-18(22)8-4-13-3-6-16-15(10-13)5-7-17(16)20-12-14-2-1-9-19-11-14/h1-4,6,8-11,17,20H,5,7,12H2,(H,21,22)/b8-4+. The van der Waals surface area contributed by atoms with E-state index in [4.69, 9.17) is 5.11 Å². The molecule has 1 heterocycles. The summed E-state index contributed by atoms with van der Waals surface area (Å²) in [7, 11) is 0. The van der Waals surface area contributed by atoms with Crippen molar-refractivity contribution in [1.82, 2.24) is 10.3 Å². The lowest BCUT2D eigenvalue weighted by molar-refractivity contribution is -0.131. The number of benzene rings is 1. The average Bonchev–Trinajstić information content (AvgIpc) is 2.94. The molecule has 0 spiro atoms. The first-order valence-corrected chi connectivity index (χ1v) is 7.38. The molecular weight excluding hydrogens is 276 g/mol. The molecule has 1 atom stereocenters. The Hall–Kier alpha value is -2.46. The summed E-state index contributed by atoms with van der Waals surface area (Å²) in [5.74, 6) is -0.920. The van der Waals surface area contributed by atoms with Crippen molar-refractivity contribution in [1.29, 1.82) is 0 Å². The average molecular weight is 294 g/mol. The highest BCUT2D eigenvalue weighted by molar-refractivity contribution is 5.85. The van der Waals surface area contributed by atoms with Crippen LogP contribution in [0.15, 0.2) is 48.8 Å². The first-order chi connectivity index (χ1) is 10.7. The molecule has 3 rings (SSSR count). The van der Waals surface area contributed by atoms with E-state index in [2.05, 4.69) is 28.5 Å². The molecular formula is C18H18N2O2. The summed E-state index contributed by atoms with van der Waals surface area (Å²) in [5, 5.41) is 12.3. The van der Waals surface area contributed by atoms with Crippen LogP contribution in [0.5, 0.6) is 0 Å². The van der Waals surface area contributed by atoms with Crippen LogP contribution in [0.4, 0.5) is 0 Å². The second-order valence-electron chi connectivity index (χ2n) is 5.46. The minimum atomic E-state index is -0.920. The minimum Gasteiger partial charge on any atom is -0.478 e. The fraction of sp³-hybridized carbons (Fsp3) is 0.222. The Morgan fingerprint density at radius 3 is 3.09 bits per heavy atom. The monoisotopic (exact) mass is 294 g/mol. The lowest BCUT2D eigenvalue weighted by atomic mass is 10.0. The van der Waals surface area contributed by atoms with Gasteiger partial charge in [-0.3, -0.25) is 4.98 Å². The molecule has 1 unspecified atom stereocenters. The molecule has 0 fully saturated rings. The van der Waals surface area contributed by atoms with Gasteiger partial charge in [0.15, 0.2) is 0 Å². The van der Waals surface area contributed by atoms with Crippen LogP contribution in [0.25, 0.3) is 6.08 Å². The van der Waals surface area contributed by atoms with Crippen molar-refractivity contribution >= 4 is 12.0 Å². The smallest absolute Gasteiger partial charge is 0.328 e. The summed E-state index contributed by atoms with van der Waals surface area (Å²) in [6.07, 6.45) is 8.56. The molecule has 0 aliphatic heterocycles. The van der Waals surface area contributed by atoms with Crippen molar-refractivity contribution in [3.8, 4) is 0 Å². The Morgan fingerprint density at radius 1 is 1.41 bits per heavy atom. The molecule has 0 saturated carbocycles. The van der Waals surface area contributed by atoms with Crippen LogP contribution in [0.2, 0.25) is 0 Å². The SMILES string of the molecule is O=C(O)/C=C/c1ccc2c(c1)CCC2NCc1cccnc1. The van der Waals surface area contributed by atoms with Gasteiger partial charge in [-0.25, -0.2) is 4.79 Å². The largest absolute Gasteiger partial charge is 0.478 e. The van der Waals surface area contributed by atoms with E-state index in [-0.39, 0.29) is 0 Å². The van der Waals surface area contributed by atoms with Crippen LogP contribution >= 0.6 is 0 Å². The molecule has 1 aromatic carbocycles. The zero-order chi connectivity index (χ0) is 15.4. The zero-order valence-corrected chi connectivity index (χ0v) is 12.2. The predicted molar refractivity (Wildman–Crippen MR) is 85.3 cm³/mol. The summed E-state index contributed by atoms with van der Waals surface area (Å²) in [4.78, 5) is 14.7. The molecule has 0 amide bonds. The van der Waals surface area contributed by atoms with Gasteiger partial charge in [-0.15, -0.1) is 0 Å². The van der Waals surface area contributed by atoms with E-state index in [0.29, 0.717) is 6.04 Å². The lowest BCUT2D eigenvalue weighted by Crippen LogP contribution is -2.18. The number of carboxylic acid groups (broad SMARTS) is 1. The maximum atomic E-state index is 10.6. The number of hydrogen-bond donors (Lipinski definition) is 2. The van der Waals surface area contributed by atoms with E-state index in [1.54, 1.807) is 12.3 Å². The number of aliphatic carboxylic acids is 1. The zero-order valence-electron chi connectivity index (χ0n) is 12.2. The van der Waals surface area contributed by atoms with Crippen molar-refractivity contribution in [3.63, 3.8) is 0 Å². The van der Waals surface area contributed by atoms with Crippen LogP contribution in [0.1, 0.15) is 34.7 Å². The van der Waals surface area contributed by atoms with Gasteiger partial charge in [-0.05, 0) is 47.2 Å². The number of rotatable bonds is 5. The van der Waals surface area contributed by atoms with Crippen LogP contribution in [0.3, 0.4) is 0 Å². The summed E-state index contributed by atoms with van der Waals surface area (Å²) in [6.45, 7) is 0.804. The third-order valence-corrected chi connectivity index (χ3v) is 3.94. The number of pyridine rings is 1. The van der Waals surface area contributed by atoms with Crippen LogP contribution in [0, 0.1) is 0 Å². The number of fused-ring (bicyclic) bond motifs is 1. The molecule has 0 saturated heterocycles. The van der Waals surface area contributed by atoms with E-state index in [1.165, 1.54) is 22.8 Å². The molecule has 1 aliphatic carbocycles. The van der Waals surface area contributed by atoms with E-state index < -0.39 is 5.97 Å². The van der Waals surface area contributed by atoms with Crippen molar-refractivity contribution in [3.05, 3.63) is 71.1 Å². The molecule has 0 radical (unpaired) electrons.